The van der Waals surface area contributed by atoms with Gasteiger partial charge in [0, 0.05) is 15.9 Å². The molecular weight excluding hydrogens is 344 g/mol. The van der Waals surface area contributed by atoms with Crippen LogP contribution in [0.1, 0.15) is 28.8 Å². The Labute approximate surface area is 131 Å². The first-order valence-electron chi connectivity index (χ1n) is 5.81. The van der Waals surface area contributed by atoms with Crippen LogP contribution in [-0.4, -0.2) is 19.0 Å². The van der Waals surface area contributed by atoms with Crippen molar-refractivity contribution in [1.82, 2.24) is 0 Å². The zero-order chi connectivity index (χ0) is 15.2. The van der Waals surface area contributed by atoms with Gasteiger partial charge in [-0.15, -0.1) is 11.6 Å². The standard InChI is InChI=1S/C14H12BrClN2O2/c1-20-13(19)11-4-3-10(15)7-12(11)14(8-17,9-18)5-2-6-16/h3-4,7H,2,5-6H2,1H3. The maximum Gasteiger partial charge on any atom is 0.338 e. The Balaban J connectivity index is 3.48. The summed E-state index contributed by atoms with van der Waals surface area (Å²) in [7, 11) is 1.26. The summed E-state index contributed by atoms with van der Waals surface area (Å²) < 4.78 is 5.39. The SMILES string of the molecule is COC(=O)c1ccc(Br)cc1C(C#N)(C#N)CCCCl. The smallest absolute Gasteiger partial charge is 0.338 e. The molecular formula is C14H12BrClN2O2. The van der Waals surface area contributed by atoms with Crippen molar-refractivity contribution in [2.75, 3.05) is 13.0 Å². The van der Waals surface area contributed by atoms with Crippen molar-refractivity contribution < 1.29 is 9.53 Å². The average molecular weight is 356 g/mol. The van der Waals surface area contributed by atoms with Gasteiger partial charge in [0.1, 0.15) is 0 Å². The van der Waals surface area contributed by atoms with Crippen LogP contribution in [0, 0.1) is 22.7 Å². The van der Waals surface area contributed by atoms with Crippen LogP contribution in [-0.2, 0) is 10.2 Å². The predicted molar refractivity (Wildman–Crippen MR) is 78.3 cm³/mol. The normalized spacial score (nSPS) is 10.4. The van der Waals surface area contributed by atoms with Crippen LogP contribution < -0.4 is 0 Å². The monoisotopic (exact) mass is 354 g/mol. The maximum absolute atomic E-state index is 11.8. The first-order valence-corrected chi connectivity index (χ1v) is 7.14. The van der Waals surface area contributed by atoms with Crippen LogP contribution >= 0.6 is 27.5 Å². The molecule has 0 heterocycles. The summed E-state index contributed by atoms with van der Waals surface area (Å²) >= 11 is 8.94. The topological polar surface area (TPSA) is 73.9 Å². The minimum atomic E-state index is -1.41. The maximum atomic E-state index is 11.8. The number of nitrogens with zero attached hydrogens (tertiary/aromatic N) is 2. The molecule has 0 aromatic heterocycles. The van der Waals surface area contributed by atoms with E-state index < -0.39 is 11.4 Å². The van der Waals surface area contributed by atoms with E-state index >= 15 is 0 Å². The molecule has 0 aliphatic heterocycles. The van der Waals surface area contributed by atoms with Gasteiger partial charge in [-0.05, 0) is 31.0 Å². The number of alkyl halides is 1. The van der Waals surface area contributed by atoms with Crippen LogP contribution in [0.15, 0.2) is 22.7 Å². The van der Waals surface area contributed by atoms with Crippen LogP contribution in [0.4, 0.5) is 0 Å². The van der Waals surface area contributed by atoms with Crippen LogP contribution in [0.25, 0.3) is 0 Å². The molecule has 0 fully saturated rings. The van der Waals surface area contributed by atoms with Crippen molar-refractivity contribution >= 4 is 33.5 Å². The molecule has 0 N–H and O–H groups in total. The first-order chi connectivity index (χ1) is 9.54. The highest BCUT2D eigenvalue weighted by molar-refractivity contribution is 9.10. The highest BCUT2D eigenvalue weighted by atomic mass is 79.9. The number of benzene rings is 1. The predicted octanol–water partition coefficient (Wildman–Crippen LogP) is 3.54. The number of methoxy groups -OCH3 is 1. The molecule has 4 nitrogen and oxygen atoms in total. The van der Waals surface area contributed by atoms with Crippen molar-refractivity contribution in [3.8, 4) is 12.1 Å². The minimum Gasteiger partial charge on any atom is -0.465 e. The number of ether oxygens (including phenoxy) is 1. The van der Waals surface area contributed by atoms with E-state index in [0.717, 1.165) is 0 Å². The van der Waals surface area contributed by atoms with E-state index in [-0.39, 0.29) is 12.0 Å². The highest BCUT2D eigenvalue weighted by Crippen LogP contribution is 2.33. The lowest BCUT2D eigenvalue weighted by atomic mass is 9.77. The molecule has 0 saturated carbocycles. The third-order valence-electron chi connectivity index (χ3n) is 2.91. The molecule has 0 aliphatic carbocycles. The van der Waals surface area contributed by atoms with Crippen LogP contribution in [0.3, 0.4) is 0 Å². The lowest BCUT2D eigenvalue weighted by Gasteiger charge is -2.21. The number of hydrogen-bond acceptors (Lipinski definition) is 4. The molecule has 0 atom stereocenters. The van der Waals surface area contributed by atoms with E-state index in [9.17, 15) is 15.3 Å². The largest absolute Gasteiger partial charge is 0.465 e. The summed E-state index contributed by atoms with van der Waals surface area (Å²) in [5.41, 5.74) is -0.857. The number of nitriles is 2. The summed E-state index contributed by atoms with van der Waals surface area (Å²) in [4.78, 5) is 11.8. The third kappa shape index (κ3) is 3.30. The number of carbonyl (C=O) groups is 1. The van der Waals surface area contributed by atoms with Gasteiger partial charge < -0.3 is 4.74 Å². The molecule has 20 heavy (non-hydrogen) atoms. The van der Waals surface area contributed by atoms with Crippen molar-refractivity contribution in [3.63, 3.8) is 0 Å². The Kier molecular flexibility index (Phi) is 6.01. The van der Waals surface area contributed by atoms with Gasteiger partial charge in [-0.25, -0.2) is 4.79 Å². The fourth-order valence-corrected chi connectivity index (χ4v) is 2.38. The lowest BCUT2D eigenvalue weighted by Crippen LogP contribution is -2.25. The molecule has 0 unspecified atom stereocenters. The summed E-state index contributed by atoms with van der Waals surface area (Å²) in [6, 6.07) is 8.83. The molecule has 6 heteroatoms. The van der Waals surface area contributed by atoms with E-state index in [2.05, 4.69) is 15.9 Å². The van der Waals surface area contributed by atoms with Gasteiger partial charge in [0.25, 0.3) is 0 Å². The molecule has 104 valence electrons. The lowest BCUT2D eigenvalue weighted by molar-refractivity contribution is 0.0598. The number of carbonyl (C=O) groups excluding carboxylic acids is 1. The molecule has 1 aromatic rings. The van der Waals surface area contributed by atoms with Gasteiger partial charge in [-0.2, -0.15) is 10.5 Å². The molecule has 0 spiro atoms. The van der Waals surface area contributed by atoms with Gasteiger partial charge in [0.05, 0.1) is 24.8 Å². The quantitative estimate of drug-likeness (QED) is 0.598. The summed E-state index contributed by atoms with van der Waals surface area (Å²) in [6.07, 6.45) is 0.750. The second-order valence-electron chi connectivity index (χ2n) is 4.10. The zero-order valence-electron chi connectivity index (χ0n) is 10.8. The first kappa shape index (κ1) is 16.5. The minimum absolute atomic E-state index is 0.216. The van der Waals surface area contributed by atoms with Gasteiger partial charge in [-0.3, -0.25) is 0 Å². The Hall–Kier alpha value is -1.56. The van der Waals surface area contributed by atoms with Gasteiger partial charge in [-0.1, -0.05) is 15.9 Å². The van der Waals surface area contributed by atoms with Crippen molar-refractivity contribution in [2.24, 2.45) is 0 Å². The summed E-state index contributed by atoms with van der Waals surface area (Å²) in [5.74, 6) is -0.236. The van der Waals surface area contributed by atoms with Gasteiger partial charge in [0.15, 0.2) is 5.41 Å². The summed E-state index contributed by atoms with van der Waals surface area (Å²) in [6.45, 7) is 0. The highest BCUT2D eigenvalue weighted by Gasteiger charge is 2.36. The van der Waals surface area contributed by atoms with Crippen LogP contribution in [0.5, 0.6) is 0 Å². The molecule has 0 bridgehead atoms. The number of halogens is 2. The number of hydrogen-bond donors (Lipinski definition) is 0. The Morgan fingerprint density at radius 1 is 1.45 bits per heavy atom. The Morgan fingerprint density at radius 3 is 2.60 bits per heavy atom. The summed E-state index contributed by atoms with van der Waals surface area (Å²) in [5, 5.41) is 18.9. The van der Waals surface area contributed by atoms with Crippen molar-refractivity contribution in [3.05, 3.63) is 33.8 Å². The van der Waals surface area contributed by atoms with Gasteiger partial charge in [0.2, 0.25) is 0 Å². The van der Waals surface area contributed by atoms with Gasteiger partial charge >= 0.3 is 5.97 Å². The second kappa shape index (κ2) is 7.28. The van der Waals surface area contributed by atoms with E-state index in [1.807, 2.05) is 12.1 Å². The molecule has 0 saturated heterocycles. The Morgan fingerprint density at radius 2 is 2.10 bits per heavy atom. The van der Waals surface area contributed by atoms with E-state index in [1.54, 1.807) is 12.1 Å². The van der Waals surface area contributed by atoms with E-state index in [1.165, 1.54) is 13.2 Å². The molecule has 1 rings (SSSR count). The molecule has 0 radical (unpaired) electrons. The van der Waals surface area contributed by atoms with Crippen LogP contribution in [0.2, 0.25) is 0 Å². The zero-order valence-corrected chi connectivity index (χ0v) is 13.2. The molecule has 1 aromatic carbocycles. The number of esters is 1. The van der Waals surface area contributed by atoms with Crippen molar-refractivity contribution in [1.29, 1.82) is 10.5 Å². The van der Waals surface area contributed by atoms with Crippen molar-refractivity contribution in [2.45, 2.75) is 18.3 Å². The second-order valence-corrected chi connectivity index (χ2v) is 5.40. The fourth-order valence-electron chi connectivity index (χ4n) is 1.88. The van der Waals surface area contributed by atoms with E-state index in [4.69, 9.17) is 16.3 Å². The van der Waals surface area contributed by atoms with E-state index in [0.29, 0.717) is 22.3 Å². The average Bonchev–Trinajstić information content (AvgIpc) is 2.48. The Bertz CT molecular complexity index is 576. The molecule has 0 aliphatic rings. The third-order valence-corrected chi connectivity index (χ3v) is 3.67. The molecule has 0 amide bonds. The fraction of sp³-hybridized carbons (Fsp3) is 0.357. The number of rotatable bonds is 5.